The van der Waals surface area contributed by atoms with Crippen molar-refractivity contribution in [1.29, 1.82) is 0 Å². The van der Waals surface area contributed by atoms with Crippen molar-refractivity contribution < 1.29 is 4.79 Å². The molecule has 0 aliphatic carbocycles. The molecule has 0 spiro atoms. The molecular weight excluding hydrogens is 260 g/mol. The Labute approximate surface area is 126 Å². The van der Waals surface area contributed by atoms with Crippen LogP contribution in [-0.2, 0) is 13.1 Å². The van der Waals surface area contributed by atoms with Crippen LogP contribution < -0.4 is 5.73 Å². The standard InChI is InChI=1S/C18H22N2O/c1-13-5-4-6-17(14(13)2)18(21)20(3)12-16-9-7-15(11-19)8-10-16/h4-10H,11-12,19H2,1-3H3. The van der Waals surface area contributed by atoms with Gasteiger partial charge in [0.15, 0.2) is 0 Å². The predicted octanol–water partition coefficient (Wildman–Crippen LogP) is 3.03. The van der Waals surface area contributed by atoms with Crippen LogP contribution in [0.2, 0.25) is 0 Å². The molecular formula is C18H22N2O. The van der Waals surface area contributed by atoms with E-state index in [0.29, 0.717) is 13.1 Å². The molecule has 110 valence electrons. The summed E-state index contributed by atoms with van der Waals surface area (Å²) in [7, 11) is 1.83. The summed E-state index contributed by atoms with van der Waals surface area (Å²) in [5.41, 5.74) is 10.8. The number of hydrogen-bond donors (Lipinski definition) is 1. The summed E-state index contributed by atoms with van der Waals surface area (Å²) < 4.78 is 0. The van der Waals surface area contributed by atoms with Gasteiger partial charge in [0, 0.05) is 25.7 Å². The molecule has 0 bridgehead atoms. The highest BCUT2D eigenvalue weighted by molar-refractivity contribution is 5.95. The molecule has 0 saturated carbocycles. The fraction of sp³-hybridized carbons (Fsp3) is 0.278. The topological polar surface area (TPSA) is 46.3 Å². The molecule has 1 amide bonds. The van der Waals surface area contributed by atoms with E-state index < -0.39 is 0 Å². The van der Waals surface area contributed by atoms with E-state index in [9.17, 15) is 4.79 Å². The van der Waals surface area contributed by atoms with Gasteiger partial charge in [0.2, 0.25) is 0 Å². The quantitative estimate of drug-likeness (QED) is 0.937. The van der Waals surface area contributed by atoms with Crippen LogP contribution in [0.1, 0.15) is 32.6 Å². The van der Waals surface area contributed by atoms with Gasteiger partial charge >= 0.3 is 0 Å². The number of amides is 1. The highest BCUT2D eigenvalue weighted by atomic mass is 16.2. The third kappa shape index (κ3) is 3.50. The van der Waals surface area contributed by atoms with Gasteiger partial charge in [-0.15, -0.1) is 0 Å². The number of nitrogens with zero attached hydrogens (tertiary/aromatic N) is 1. The van der Waals surface area contributed by atoms with Crippen LogP contribution in [-0.4, -0.2) is 17.9 Å². The maximum absolute atomic E-state index is 12.6. The van der Waals surface area contributed by atoms with Gasteiger partial charge in [0.1, 0.15) is 0 Å². The first-order chi connectivity index (χ1) is 10.0. The third-order valence-electron chi connectivity index (χ3n) is 3.86. The van der Waals surface area contributed by atoms with Gasteiger partial charge in [-0.3, -0.25) is 4.79 Å². The third-order valence-corrected chi connectivity index (χ3v) is 3.86. The first-order valence-electron chi connectivity index (χ1n) is 7.12. The molecule has 0 fully saturated rings. The van der Waals surface area contributed by atoms with Crippen molar-refractivity contribution in [3.63, 3.8) is 0 Å². The molecule has 0 radical (unpaired) electrons. The Morgan fingerprint density at radius 2 is 1.67 bits per heavy atom. The lowest BCUT2D eigenvalue weighted by molar-refractivity contribution is 0.0784. The molecule has 3 heteroatoms. The molecule has 0 saturated heterocycles. The zero-order valence-electron chi connectivity index (χ0n) is 12.9. The van der Waals surface area contributed by atoms with Gasteiger partial charge in [-0.05, 0) is 42.2 Å². The summed E-state index contributed by atoms with van der Waals surface area (Å²) in [6.07, 6.45) is 0. The molecule has 0 unspecified atom stereocenters. The minimum absolute atomic E-state index is 0.0547. The van der Waals surface area contributed by atoms with E-state index >= 15 is 0 Å². The van der Waals surface area contributed by atoms with Gasteiger partial charge in [0.25, 0.3) is 5.91 Å². The van der Waals surface area contributed by atoms with Crippen LogP contribution >= 0.6 is 0 Å². The van der Waals surface area contributed by atoms with Gasteiger partial charge in [0.05, 0.1) is 0 Å². The molecule has 21 heavy (non-hydrogen) atoms. The minimum atomic E-state index is 0.0547. The number of hydrogen-bond acceptors (Lipinski definition) is 2. The number of aryl methyl sites for hydroxylation is 1. The Balaban J connectivity index is 2.13. The Bertz CT molecular complexity index is 632. The first-order valence-corrected chi connectivity index (χ1v) is 7.12. The Morgan fingerprint density at radius 3 is 2.29 bits per heavy atom. The van der Waals surface area contributed by atoms with Crippen molar-refractivity contribution in [3.8, 4) is 0 Å². The lowest BCUT2D eigenvalue weighted by Gasteiger charge is -2.19. The average molecular weight is 282 g/mol. The van der Waals surface area contributed by atoms with Crippen molar-refractivity contribution >= 4 is 5.91 Å². The van der Waals surface area contributed by atoms with E-state index in [4.69, 9.17) is 5.73 Å². The molecule has 0 aliphatic heterocycles. The van der Waals surface area contributed by atoms with Gasteiger partial charge in [-0.25, -0.2) is 0 Å². The Hall–Kier alpha value is -2.13. The van der Waals surface area contributed by atoms with E-state index in [1.54, 1.807) is 4.90 Å². The van der Waals surface area contributed by atoms with Crippen LogP contribution in [0, 0.1) is 13.8 Å². The summed E-state index contributed by atoms with van der Waals surface area (Å²) in [5, 5.41) is 0. The number of carbonyl (C=O) groups excluding carboxylic acids is 1. The van der Waals surface area contributed by atoms with Crippen molar-refractivity contribution in [2.24, 2.45) is 5.73 Å². The van der Waals surface area contributed by atoms with Gasteiger partial charge in [-0.2, -0.15) is 0 Å². The van der Waals surface area contributed by atoms with Crippen molar-refractivity contribution in [3.05, 3.63) is 70.3 Å². The van der Waals surface area contributed by atoms with Crippen LogP contribution in [0.15, 0.2) is 42.5 Å². The fourth-order valence-electron chi connectivity index (χ4n) is 2.31. The number of nitrogens with two attached hydrogens (primary N) is 1. The summed E-state index contributed by atoms with van der Waals surface area (Å²) in [6.45, 7) is 5.15. The highest BCUT2D eigenvalue weighted by Crippen LogP contribution is 2.16. The SMILES string of the molecule is Cc1cccc(C(=O)N(C)Cc2ccc(CN)cc2)c1C. The second kappa shape index (κ2) is 6.55. The number of carbonyl (C=O) groups is 1. The zero-order chi connectivity index (χ0) is 15.4. The number of rotatable bonds is 4. The van der Waals surface area contributed by atoms with E-state index in [1.807, 2.05) is 63.4 Å². The van der Waals surface area contributed by atoms with E-state index in [1.165, 1.54) is 0 Å². The lowest BCUT2D eigenvalue weighted by Crippen LogP contribution is -2.27. The van der Waals surface area contributed by atoms with Crippen molar-refractivity contribution in [1.82, 2.24) is 4.90 Å². The maximum Gasteiger partial charge on any atom is 0.254 e. The van der Waals surface area contributed by atoms with Crippen LogP contribution in [0.3, 0.4) is 0 Å². The van der Waals surface area contributed by atoms with Crippen LogP contribution in [0.4, 0.5) is 0 Å². The minimum Gasteiger partial charge on any atom is -0.337 e. The summed E-state index contributed by atoms with van der Waals surface area (Å²) in [6, 6.07) is 13.9. The molecule has 2 aromatic carbocycles. The van der Waals surface area contributed by atoms with Gasteiger partial charge < -0.3 is 10.6 Å². The predicted molar refractivity (Wildman–Crippen MR) is 86.0 cm³/mol. The first kappa shape index (κ1) is 15.3. The van der Waals surface area contributed by atoms with Crippen LogP contribution in [0.5, 0.6) is 0 Å². The van der Waals surface area contributed by atoms with E-state index in [2.05, 4.69) is 0 Å². The fourth-order valence-corrected chi connectivity index (χ4v) is 2.31. The zero-order valence-corrected chi connectivity index (χ0v) is 12.9. The molecule has 2 rings (SSSR count). The van der Waals surface area contributed by atoms with E-state index in [0.717, 1.165) is 27.8 Å². The molecule has 2 N–H and O–H groups in total. The summed E-state index contributed by atoms with van der Waals surface area (Å²) in [4.78, 5) is 14.3. The highest BCUT2D eigenvalue weighted by Gasteiger charge is 2.15. The van der Waals surface area contributed by atoms with Crippen LogP contribution in [0.25, 0.3) is 0 Å². The second-order valence-electron chi connectivity index (χ2n) is 5.43. The summed E-state index contributed by atoms with van der Waals surface area (Å²) >= 11 is 0. The van der Waals surface area contributed by atoms with Gasteiger partial charge in [-0.1, -0.05) is 36.4 Å². The molecule has 0 heterocycles. The molecule has 0 atom stereocenters. The number of benzene rings is 2. The normalized spacial score (nSPS) is 10.5. The second-order valence-corrected chi connectivity index (χ2v) is 5.43. The largest absolute Gasteiger partial charge is 0.337 e. The Kier molecular flexibility index (Phi) is 4.76. The molecule has 0 aliphatic rings. The smallest absolute Gasteiger partial charge is 0.254 e. The van der Waals surface area contributed by atoms with Crippen molar-refractivity contribution in [2.75, 3.05) is 7.05 Å². The molecule has 3 nitrogen and oxygen atoms in total. The maximum atomic E-state index is 12.6. The summed E-state index contributed by atoms with van der Waals surface area (Å²) in [5.74, 6) is 0.0547. The van der Waals surface area contributed by atoms with Crippen molar-refractivity contribution in [2.45, 2.75) is 26.9 Å². The Morgan fingerprint density at radius 1 is 1.05 bits per heavy atom. The average Bonchev–Trinajstić information content (AvgIpc) is 2.50. The molecule has 2 aromatic rings. The van der Waals surface area contributed by atoms with E-state index in [-0.39, 0.29) is 5.91 Å². The lowest BCUT2D eigenvalue weighted by atomic mass is 10.0. The monoisotopic (exact) mass is 282 g/mol. The molecule has 0 aromatic heterocycles.